The molecule has 0 aromatic heterocycles. The maximum Gasteiger partial charge on any atom is 0.157 e. The Morgan fingerprint density at radius 1 is 0.870 bits per heavy atom. The molecule has 0 saturated heterocycles. The third-order valence-corrected chi connectivity index (χ3v) is 12.5. The second-order valence-corrected chi connectivity index (χ2v) is 13.3. The molecule has 0 unspecified atom stereocenters. The molecule has 0 atom stereocenters. The van der Waals surface area contributed by atoms with E-state index in [1.54, 1.807) is 0 Å². The molecular formula is C21H42OP+. The molecule has 0 aromatic carbocycles. The van der Waals surface area contributed by atoms with Gasteiger partial charge in [0.2, 0.25) is 0 Å². The average molecular weight is 342 g/mol. The number of hydrogen-bond acceptors (Lipinski definition) is 1. The summed E-state index contributed by atoms with van der Waals surface area (Å²) in [7, 11) is -1.42. The highest BCUT2D eigenvalue weighted by atomic mass is 31.2. The van der Waals surface area contributed by atoms with Crippen LogP contribution in [-0.2, 0) is 4.52 Å². The van der Waals surface area contributed by atoms with Crippen molar-refractivity contribution >= 4 is 7.49 Å². The van der Waals surface area contributed by atoms with Crippen molar-refractivity contribution in [2.24, 2.45) is 0 Å². The molecule has 0 N–H and O–H groups in total. The third-order valence-electron chi connectivity index (χ3n) is 6.43. The van der Waals surface area contributed by atoms with Gasteiger partial charge in [0, 0.05) is 0 Å². The van der Waals surface area contributed by atoms with E-state index < -0.39 is 7.49 Å². The highest BCUT2D eigenvalue weighted by Crippen LogP contribution is 2.81. The van der Waals surface area contributed by atoms with Gasteiger partial charge < -0.3 is 0 Å². The predicted molar refractivity (Wildman–Crippen MR) is 106 cm³/mol. The molecule has 0 heterocycles. The first-order valence-electron chi connectivity index (χ1n) is 10.5. The second kappa shape index (κ2) is 8.66. The van der Waals surface area contributed by atoms with Crippen molar-refractivity contribution in [1.82, 2.24) is 0 Å². The first-order valence-corrected chi connectivity index (χ1v) is 12.4. The molecule has 2 rings (SSSR count). The van der Waals surface area contributed by atoms with Gasteiger partial charge >= 0.3 is 0 Å². The number of rotatable bonds is 7. The Balaban J connectivity index is 2.41. The molecule has 136 valence electrons. The van der Waals surface area contributed by atoms with Gasteiger partial charge in [-0.05, 0) is 85.5 Å². The minimum atomic E-state index is -1.42. The molecule has 0 radical (unpaired) electrons. The zero-order valence-electron chi connectivity index (χ0n) is 16.6. The number of hydrogen-bond donors (Lipinski definition) is 0. The first-order chi connectivity index (χ1) is 10.9. The maximum absolute atomic E-state index is 7.15. The monoisotopic (exact) mass is 341 g/mol. The van der Waals surface area contributed by atoms with Crippen LogP contribution in [0.4, 0.5) is 0 Å². The Labute approximate surface area is 146 Å². The zero-order valence-corrected chi connectivity index (χ0v) is 17.5. The largest absolute Gasteiger partial charge is 0.234 e. The fourth-order valence-electron chi connectivity index (χ4n) is 5.67. The third kappa shape index (κ3) is 4.33. The summed E-state index contributed by atoms with van der Waals surface area (Å²) in [5.41, 5.74) is 1.78. The van der Waals surface area contributed by atoms with Crippen molar-refractivity contribution in [2.75, 3.05) is 0 Å². The van der Waals surface area contributed by atoms with Gasteiger partial charge in [0.15, 0.2) is 7.49 Å². The Hall–Kier alpha value is 0.390. The van der Waals surface area contributed by atoms with Gasteiger partial charge in [-0.25, -0.2) is 4.52 Å². The van der Waals surface area contributed by atoms with E-state index in [4.69, 9.17) is 4.52 Å². The van der Waals surface area contributed by atoms with E-state index >= 15 is 0 Å². The first kappa shape index (κ1) is 19.7. The van der Waals surface area contributed by atoms with Gasteiger partial charge in [-0.15, -0.1) is 0 Å². The molecule has 23 heavy (non-hydrogen) atoms. The van der Waals surface area contributed by atoms with E-state index in [9.17, 15) is 0 Å². The Kier molecular flexibility index (Phi) is 7.42. The van der Waals surface area contributed by atoms with Crippen LogP contribution in [0, 0.1) is 0 Å². The van der Waals surface area contributed by atoms with E-state index in [0.717, 1.165) is 11.3 Å². The Morgan fingerprint density at radius 2 is 1.30 bits per heavy atom. The standard InChI is InChI=1S/C21H42OP/c1-6-17-21(4,5)23(22-18(2)3,19-13-9-7-10-14-19)20-15-11-8-12-16-20/h18-20H,6-17H2,1-5H3/q+1. The maximum atomic E-state index is 7.15. The lowest BCUT2D eigenvalue weighted by atomic mass is 9.99. The van der Waals surface area contributed by atoms with E-state index in [1.807, 2.05) is 0 Å². The van der Waals surface area contributed by atoms with Crippen molar-refractivity contribution in [3.63, 3.8) is 0 Å². The van der Waals surface area contributed by atoms with Gasteiger partial charge in [0.25, 0.3) is 0 Å². The predicted octanol–water partition coefficient (Wildman–Crippen LogP) is 7.59. The average Bonchev–Trinajstić information content (AvgIpc) is 2.54. The van der Waals surface area contributed by atoms with Crippen molar-refractivity contribution in [1.29, 1.82) is 0 Å². The van der Waals surface area contributed by atoms with E-state index in [0.29, 0.717) is 11.3 Å². The molecule has 2 fully saturated rings. The van der Waals surface area contributed by atoms with Crippen molar-refractivity contribution in [3.8, 4) is 0 Å². The molecule has 1 nitrogen and oxygen atoms in total. The van der Waals surface area contributed by atoms with Gasteiger partial charge in [-0.2, -0.15) is 0 Å². The second-order valence-electron chi connectivity index (χ2n) is 9.01. The lowest BCUT2D eigenvalue weighted by molar-refractivity contribution is 0.227. The lowest BCUT2D eigenvalue weighted by Crippen LogP contribution is -2.42. The molecule has 0 spiro atoms. The normalized spacial score (nSPS) is 22.7. The van der Waals surface area contributed by atoms with Crippen LogP contribution in [0.25, 0.3) is 0 Å². The molecule has 0 aliphatic heterocycles. The molecule has 2 heteroatoms. The molecule has 0 bridgehead atoms. The summed E-state index contributed by atoms with van der Waals surface area (Å²) in [6.45, 7) is 12.1. The van der Waals surface area contributed by atoms with Gasteiger partial charge in [-0.3, -0.25) is 0 Å². The van der Waals surface area contributed by atoms with Crippen LogP contribution < -0.4 is 0 Å². The summed E-state index contributed by atoms with van der Waals surface area (Å²) in [5.74, 6) is 0. The van der Waals surface area contributed by atoms with Gasteiger partial charge in [0.1, 0.15) is 5.16 Å². The van der Waals surface area contributed by atoms with Crippen LogP contribution in [0.1, 0.15) is 112 Å². The fraction of sp³-hybridized carbons (Fsp3) is 1.00. The Morgan fingerprint density at radius 3 is 1.65 bits per heavy atom. The van der Waals surface area contributed by atoms with E-state index in [-0.39, 0.29) is 0 Å². The summed E-state index contributed by atoms with van der Waals surface area (Å²) >= 11 is 0. The minimum absolute atomic E-state index is 0.392. The zero-order chi connectivity index (χ0) is 16.9. The van der Waals surface area contributed by atoms with Crippen LogP contribution in [0.15, 0.2) is 0 Å². The van der Waals surface area contributed by atoms with E-state index in [2.05, 4.69) is 34.6 Å². The van der Waals surface area contributed by atoms with Crippen LogP contribution in [0.5, 0.6) is 0 Å². The van der Waals surface area contributed by atoms with Gasteiger partial charge in [-0.1, -0.05) is 26.2 Å². The minimum Gasteiger partial charge on any atom is -0.234 e. The van der Waals surface area contributed by atoms with E-state index in [1.165, 1.54) is 77.0 Å². The van der Waals surface area contributed by atoms with Crippen LogP contribution in [-0.4, -0.2) is 22.6 Å². The molecule has 2 saturated carbocycles. The Bertz CT molecular complexity index is 320. The molecule has 2 aliphatic carbocycles. The lowest BCUT2D eigenvalue weighted by Gasteiger charge is -2.50. The smallest absolute Gasteiger partial charge is 0.157 e. The van der Waals surface area contributed by atoms with Crippen LogP contribution in [0.3, 0.4) is 0 Å². The van der Waals surface area contributed by atoms with Crippen LogP contribution >= 0.6 is 7.49 Å². The molecule has 2 aliphatic rings. The molecule has 0 aromatic rings. The van der Waals surface area contributed by atoms with Crippen molar-refractivity contribution < 1.29 is 4.52 Å². The topological polar surface area (TPSA) is 9.23 Å². The summed E-state index contributed by atoms with van der Waals surface area (Å²) < 4.78 is 7.15. The summed E-state index contributed by atoms with van der Waals surface area (Å²) in [6.07, 6.45) is 17.5. The summed E-state index contributed by atoms with van der Waals surface area (Å²) in [6, 6.07) is 0. The SMILES string of the molecule is CCCC(C)(C)[P+](OC(C)C)(C1CCCCC1)C1CCCCC1. The molecule has 0 amide bonds. The summed E-state index contributed by atoms with van der Waals surface area (Å²) in [5, 5.41) is 0.399. The molecular weight excluding hydrogens is 299 g/mol. The van der Waals surface area contributed by atoms with Crippen molar-refractivity contribution in [2.45, 2.75) is 134 Å². The fourth-order valence-corrected chi connectivity index (χ4v) is 12.4. The summed E-state index contributed by atoms with van der Waals surface area (Å²) in [4.78, 5) is 0. The highest BCUT2D eigenvalue weighted by Gasteiger charge is 2.63. The van der Waals surface area contributed by atoms with Gasteiger partial charge in [0.05, 0.1) is 17.4 Å². The highest BCUT2D eigenvalue weighted by molar-refractivity contribution is 7.74. The van der Waals surface area contributed by atoms with Crippen LogP contribution in [0.2, 0.25) is 0 Å². The van der Waals surface area contributed by atoms with Crippen molar-refractivity contribution in [3.05, 3.63) is 0 Å². The quantitative estimate of drug-likeness (QED) is 0.433.